The highest BCUT2D eigenvalue weighted by Crippen LogP contribution is 2.29. The number of hydrogen-bond acceptors (Lipinski definition) is 25. The molecule has 0 bridgehead atoms. The number of ketones is 7. The third kappa shape index (κ3) is 56.9. The molecule has 0 unspecified atom stereocenters. The van der Waals surface area contributed by atoms with E-state index >= 15 is 0 Å². The van der Waals surface area contributed by atoms with Crippen LogP contribution in [0.2, 0.25) is 0 Å². The first-order valence-corrected chi connectivity index (χ1v) is 49.5. The summed E-state index contributed by atoms with van der Waals surface area (Å²) < 4.78 is 11.4. The molecule has 135 heavy (non-hydrogen) atoms. The number of nitrogens with two attached hydrogens (primary N) is 5. The first-order valence-electron chi connectivity index (χ1n) is 49.5. The highest BCUT2D eigenvalue weighted by atomic mass is 16.5. The molecule has 2 aromatic carbocycles. The number of aromatic amines is 1. The molecule has 0 aliphatic rings. The topological polar surface area (TPSA) is 603 Å². The second-order valence-corrected chi connectivity index (χ2v) is 36.7. The molecule has 758 valence electrons. The molecule has 35 heteroatoms. The minimum atomic E-state index is -1.20. The lowest BCUT2D eigenvalue weighted by Gasteiger charge is -2.25. The summed E-state index contributed by atoms with van der Waals surface area (Å²) in [5.74, 6) is -7.49. The first kappa shape index (κ1) is 119. The standard InChI is InChI=1S/C100H161N13O22/c1-70(114)85(41-27-31-61-110-94(124)82(103)39-21-17-22-42-87(117)80(101)37-25-29-58-107-91(121)57-49-74(98(130)131)64-77(116)36-18-12-8-4-6-10-14-32-62-134-78-51-44-72(45-52-78)96(126)127)111-68-89(119)71(48-56-90(120)100(2,3)66-88(118)84(105)65-75-67-106-69-112-75)34-24-28-59-108-95(125)83(104)40-26-30-60-109-93(123)81(102)38-20-16-19-35-76(115)50-55-86(99(132)133)113-92(122)43-23-13-9-5-7-11-15-33-63-135-79-53-46-73(47-54-79)97(128)129/h44-47,51-54,67,69,71,74,80-86,111H,4-43,48-50,55-66,68,101-105H2,1-3H3,(H,106,112)(H,107,121)(H,108,125)(H,109,123)(H,110,124)(H,113,122)(H,126,127)(H,128,129)(H,130,131)(H,132,133)/t71-,74-,80+,81+,82+,83+,84+,85+,86+/m1/s1. The number of nitrogens with one attached hydrogen (secondary N) is 7. The average Bonchev–Trinajstić information content (AvgIpc) is 1.29. The number of imidazole rings is 1. The van der Waals surface area contributed by atoms with Crippen LogP contribution in [0.5, 0.6) is 11.5 Å². The molecule has 3 rings (SSSR count). The molecule has 0 fully saturated rings. The van der Waals surface area contributed by atoms with Crippen molar-refractivity contribution in [3.05, 3.63) is 77.9 Å². The van der Waals surface area contributed by atoms with Crippen LogP contribution in [-0.4, -0.2) is 213 Å². The van der Waals surface area contributed by atoms with E-state index in [0.29, 0.717) is 198 Å². The summed E-state index contributed by atoms with van der Waals surface area (Å²) in [6, 6.07) is 6.88. The number of carbonyl (C=O) groups excluding carboxylic acids is 12. The maximum Gasteiger partial charge on any atom is 0.335 e. The Kier molecular flexibility index (Phi) is 63.0. The molecule has 3 aromatic rings. The van der Waals surface area contributed by atoms with Gasteiger partial charge in [-0.15, -0.1) is 0 Å². The third-order valence-electron chi connectivity index (χ3n) is 24.6. The summed E-state index contributed by atoms with van der Waals surface area (Å²) in [7, 11) is 0. The van der Waals surface area contributed by atoms with Crippen LogP contribution in [0.25, 0.3) is 0 Å². The van der Waals surface area contributed by atoms with E-state index in [4.69, 9.17) is 48.4 Å². The number of carboxylic acids is 4. The Morgan fingerprint density at radius 2 is 0.807 bits per heavy atom. The normalized spacial score (nSPS) is 13.4. The van der Waals surface area contributed by atoms with Crippen LogP contribution in [0.1, 0.15) is 355 Å². The smallest absolute Gasteiger partial charge is 0.335 e. The second kappa shape index (κ2) is 71.4. The van der Waals surface area contributed by atoms with Crippen molar-refractivity contribution >= 4 is 93.9 Å². The summed E-state index contributed by atoms with van der Waals surface area (Å²) in [5.41, 5.74) is 31.1. The number of amides is 5. The van der Waals surface area contributed by atoms with E-state index in [-0.39, 0.29) is 171 Å². The predicted octanol–water partition coefficient (Wildman–Crippen LogP) is 11.2. The van der Waals surface area contributed by atoms with Gasteiger partial charge in [-0.1, -0.05) is 123 Å². The fourth-order valence-corrected chi connectivity index (χ4v) is 15.7. The van der Waals surface area contributed by atoms with Crippen LogP contribution < -0.4 is 70.0 Å². The fourth-order valence-electron chi connectivity index (χ4n) is 15.7. The number of hydrogen-bond donors (Lipinski definition) is 16. The SMILES string of the molecule is CC(=O)[C@H](CCCCNC(=O)[C@@H](N)CCCCCC(=O)[C@@H](N)CCCCNC(=O)CC[C@H](CC(=O)CCCCCCCCCCOc1ccc(C(=O)O)cc1)C(=O)O)NCC(=O)[C@H](CCCCNC(=O)[C@@H](N)CCCCNC(=O)[C@@H](N)CCCCCC(=O)CC[C@H](NC(=O)CCCCCCCCCCOc1ccc(C(=O)O)cc1)C(=O)O)CCC(=O)C(C)(C)CC(=O)[C@@H](N)Cc1cnc[nH]1. The summed E-state index contributed by atoms with van der Waals surface area (Å²) in [5, 5.41) is 54.6. The summed E-state index contributed by atoms with van der Waals surface area (Å²) in [4.78, 5) is 209. The minimum absolute atomic E-state index is 0.00284. The maximum absolute atomic E-state index is 14.1. The van der Waals surface area contributed by atoms with Crippen molar-refractivity contribution in [3.8, 4) is 11.5 Å². The number of nitrogens with zero attached hydrogens (tertiary/aromatic N) is 1. The van der Waals surface area contributed by atoms with E-state index in [1.807, 2.05) is 0 Å². The number of H-pyrrole nitrogens is 1. The van der Waals surface area contributed by atoms with E-state index in [1.165, 1.54) is 37.5 Å². The van der Waals surface area contributed by atoms with Gasteiger partial charge in [0.05, 0.1) is 79.4 Å². The molecule has 1 heterocycles. The van der Waals surface area contributed by atoms with Crippen LogP contribution in [0.4, 0.5) is 0 Å². The Balaban J connectivity index is 1.27. The van der Waals surface area contributed by atoms with Gasteiger partial charge in [0.2, 0.25) is 29.5 Å². The highest BCUT2D eigenvalue weighted by Gasteiger charge is 2.34. The van der Waals surface area contributed by atoms with Crippen molar-refractivity contribution in [2.45, 2.75) is 378 Å². The molecule has 0 aliphatic heterocycles. The van der Waals surface area contributed by atoms with Crippen LogP contribution in [0, 0.1) is 17.3 Å². The number of carboxylic acid groups (broad SMARTS) is 4. The van der Waals surface area contributed by atoms with Gasteiger partial charge in [-0.25, -0.2) is 19.4 Å². The molecule has 5 amide bonds. The maximum atomic E-state index is 14.1. The lowest BCUT2D eigenvalue weighted by molar-refractivity contribution is -0.144. The average molecular weight is 1900 g/mol. The van der Waals surface area contributed by atoms with E-state index in [2.05, 4.69) is 41.9 Å². The molecule has 0 saturated heterocycles. The molecule has 1 aromatic heterocycles. The molecule has 0 radical (unpaired) electrons. The van der Waals surface area contributed by atoms with Crippen LogP contribution in [0.3, 0.4) is 0 Å². The number of carbonyl (C=O) groups is 16. The Hall–Kier alpha value is -10.1. The lowest BCUT2D eigenvalue weighted by atomic mass is 9.78. The number of benzene rings is 2. The van der Waals surface area contributed by atoms with Crippen molar-refractivity contribution < 1.29 is 107 Å². The van der Waals surface area contributed by atoms with Gasteiger partial charge in [0, 0.05) is 114 Å². The van der Waals surface area contributed by atoms with E-state index in [9.17, 15) is 86.9 Å². The molecule has 0 spiro atoms. The zero-order valence-electron chi connectivity index (χ0n) is 80.5. The number of Topliss-reactive ketones (excluding diaryl/α,β-unsaturated/α-hetero) is 7. The summed E-state index contributed by atoms with van der Waals surface area (Å²) >= 11 is 0. The van der Waals surface area contributed by atoms with E-state index in [1.54, 1.807) is 44.3 Å². The van der Waals surface area contributed by atoms with Gasteiger partial charge in [0.15, 0.2) is 5.78 Å². The number of unbranched alkanes of at least 4 members (excludes halogenated alkanes) is 22. The zero-order valence-corrected chi connectivity index (χ0v) is 80.5. The summed E-state index contributed by atoms with van der Waals surface area (Å²) in [6.07, 6.45) is 29.3. The van der Waals surface area contributed by atoms with Crippen molar-refractivity contribution in [2.24, 2.45) is 45.9 Å². The Labute approximate surface area is 797 Å². The van der Waals surface area contributed by atoms with Gasteiger partial charge < -0.3 is 95.5 Å². The van der Waals surface area contributed by atoms with E-state index < -0.39 is 83.4 Å². The Bertz CT molecular complexity index is 4020. The lowest BCUT2D eigenvalue weighted by Crippen LogP contribution is -2.42. The van der Waals surface area contributed by atoms with Crippen LogP contribution in [0.15, 0.2) is 61.1 Å². The largest absolute Gasteiger partial charge is 0.494 e. The van der Waals surface area contributed by atoms with Gasteiger partial charge in [-0.05, 0) is 197 Å². The van der Waals surface area contributed by atoms with Crippen molar-refractivity contribution in [2.75, 3.05) is 45.9 Å². The summed E-state index contributed by atoms with van der Waals surface area (Å²) in [6.45, 7) is 6.94. The van der Waals surface area contributed by atoms with Crippen molar-refractivity contribution in [1.29, 1.82) is 0 Å². The van der Waals surface area contributed by atoms with Gasteiger partial charge in [-0.3, -0.25) is 62.3 Å². The predicted molar refractivity (Wildman–Crippen MR) is 514 cm³/mol. The van der Waals surface area contributed by atoms with Gasteiger partial charge in [0.25, 0.3) is 0 Å². The minimum Gasteiger partial charge on any atom is -0.494 e. The zero-order chi connectivity index (χ0) is 99.6. The first-order chi connectivity index (χ1) is 64.6. The fraction of sp³-hybridized carbons (Fsp3) is 0.690. The molecule has 0 aliphatic carbocycles. The van der Waals surface area contributed by atoms with Crippen molar-refractivity contribution in [1.82, 2.24) is 41.9 Å². The molecular formula is C100H161N13O22. The molecule has 21 N–H and O–H groups in total. The molecule has 9 atom stereocenters. The highest BCUT2D eigenvalue weighted by molar-refractivity contribution is 5.94. The van der Waals surface area contributed by atoms with Crippen LogP contribution in [-0.2, 0) is 73.5 Å². The van der Waals surface area contributed by atoms with E-state index in [0.717, 1.165) is 89.9 Å². The van der Waals surface area contributed by atoms with Gasteiger partial charge >= 0.3 is 23.9 Å². The second-order valence-electron chi connectivity index (χ2n) is 36.7. The number of aliphatic carboxylic acids is 2. The van der Waals surface area contributed by atoms with Crippen LogP contribution >= 0.6 is 0 Å². The third-order valence-corrected chi connectivity index (χ3v) is 24.6. The molecule has 35 nitrogen and oxygen atoms in total. The number of aromatic nitrogens is 2. The van der Waals surface area contributed by atoms with Gasteiger partial charge in [-0.2, -0.15) is 0 Å². The molecular weight excluding hydrogens is 1740 g/mol. The number of rotatable bonds is 87. The number of aromatic carboxylic acids is 2. The Morgan fingerprint density at radius 1 is 0.385 bits per heavy atom. The van der Waals surface area contributed by atoms with Gasteiger partial charge in [0.1, 0.15) is 52.2 Å². The Morgan fingerprint density at radius 3 is 1.27 bits per heavy atom. The van der Waals surface area contributed by atoms with Crippen molar-refractivity contribution in [3.63, 3.8) is 0 Å². The molecule has 0 saturated carbocycles. The quantitative estimate of drug-likeness (QED) is 0.0233. The number of ether oxygens (including phenoxy) is 2. The monoisotopic (exact) mass is 1900 g/mol.